The first kappa shape index (κ1) is 24.2. The number of nitrogens with one attached hydrogen (secondary N) is 1. The molecule has 1 N–H and O–H groups in total. The molecule has 1 aromatic heterocycles. The first-order valence-corrected chi connectivity index (χ1v) is 11.7. The van der Waals surface area contributed by atoms with Crippen molar-refractivity contribution in [1.82, 2.24) is 15.5 Å². The quantitative estimate of drug-likeness (QED) is 0.309. The molecule has 0 aliphatic carbocycles. The Morgan fingerprint density at radius 1 is 0.914 bits per heavy atom. The van der Waals surface area contributed by atoms with Gasteiger partial charge in [-0.05, 0) is 47.9 Å². The van der Waals surface area contributed by atoms with Crippen molar-refractivity contribution in [3.63, 3.8) is 0 Å². The average molecular weight is 472 g/mol. The fraction of sp³-hybridized carbons (Fsp3) is 0.250. The van der Waals surface area contributed by atoms with Crippen molar-refractivity contribution in [2.45, 2.75) is 39.5 Å². The number of benzene rings is 3. The molecule has 0 aliphatic heterocycles. The lowest BCUT2D eigenvalue weighted by Crippen LogP contribution is -2.23. The van der Waals surface area contributed by atoms with Gasteiger partial charge in [0.05, 0.1) is 19.8 Å². The number of carbonyl (C=O) groups excluding carboxylic acids is 1. The van der Waals surface area contributed by atoms with Gasteiger partial charge in [0.2, 0.25) is 17.6 Å². The Bertz CT molecular complexity index is 1210. The van der Waals surface area contributed by atoms with Crippen LogP contribution in [0.2, 0.25) is 0 Å². The highest BCUT2D eigenvalue weighted by molar-refractivity contribution is 5.76. The summed E-state index contributed by atoms with van der Waals surface area (Å²) in [6.07, 6.45) is 0.634. The minimum Gasteiger partial charge on any atom is -0.494 e. The Balaban J connectivity index is 1.23. The Morgan fingerprint density at radius 3 is 2.43 bits per heavy atom. The minimum absolute atomic E-state index is 0.0779. The van der Waals surface area contributed by atoms with E-state index < -0.39 is 0 Å². The van der Waals surface area contributed by atoms with Crippen molar-refractivity contribution in [1.29, 1.82) is 0 Å². The number of hydrogen-bond acceptors (Lipinski definition) is 6. The summed E-state index contributed by atoms with van der Waals surface area (Å²) in [6, 6.07) is 25.5. The van der Waals surface area contributed by atoms with Gasteiger partial charge in [0, 0.05) is 24.9 Å². The molecule has 0 radical (unpaired) electrons. The first-order valence-electron chi connectivity index (χ1n) is 11.7. The highest BCUT2D eigenvalue weighted by Gasteiger charge is 2.12. The summed E-state index contributed by atoms with van der Waals surface area (Å²) in [5, 5.41) is 7.00. The first-order chi connectivity index (χ1) is 17.2. The van der Waals surface area contributed by atoms with Crippen LogP contribution in [0.4, 0.5) is 0 Å². The van der Waals surface area contributed by atoms with E-state index in [-0.39, 0.29) is 12.3 Å². The number of rotatable bonds is 12. The molecule has 0 bridgehead atoms. The molecule has 1 amide bonds. The lowest BCUT2D eigenvalue weighted by molar-refractivity contribution is -0.121. The maximum atomic E-state index is 12.4. The van der Waals surface area contributed by atoms with E-state index in [1.165, 1.54) is 0 Å². The van der Waals surface area contributed by atoms with Gasteiger partial charge in [-0.1, -0.05) is 59.8 Å². The van der Waals surface area contributed by atoms with Crippen LogP contribution in [0.1, 0.15) is 35.9 Å². The number of nitrogens with zero attached hydrogens (tertiary/aromatic N) is 2. The summed E-state index contributed by atoms with van der Waals surface area (Å²) in [7, 11) is 0. The third-order valence-corrected chi connectivity index (χ3v) is 5.42. The van der Waals surface area contributed by atoms with Crippen LogP contribution in [0.5, 0.6) is 5.75 Å². The molecule has 7 heteroatoms. The number of ether oxygens (including phenoxy) is 2. The number of carbonyl (C=O) groups is 1. The Kier molecular flexibility index (Phi) is 8.62. The zero-order valence-corrected chi connectivity index (χ0v) is 19.8. The van der Waals surface area contributed by atoms with E-state index in [2.05, 4.69) is 15.5 Å². The van der Waals surface area contributed by atoms with Crippen molar-refractivity contribution in [2.24, 2.45) is 0 Å². The molecule has 4 aromatic rings. The second-order valence-electron chi connectivity index (χ2n) is 7.99. The van der Waals surface area contributed by atoms with Crippen LogP contribution < -0.4 is 10.1 Å². The number of hydrogen-bond donors (Lipinski definition) is 1. The molecule has 0 atom stereocenters. The van der Waals surface area contributed by atoms with E-state index in [0.29, 0.717) is 44.5 Å². The van der Waals surface area contributed by atoms with E-state index in [4.69, 9.17) is 14.0 Å². The number of amides is 1. The van der Waals surface area contributed by atoms with Crippen molar-refractivity contribution in [3.05, 3.63) is 101 Å². The van der Waals surface area contributed by atoms with Crippen LogP contribution in [-0.4, -0.2) is 22.7 Å². The van der Waals surface area contributed by atoms with Gasteiger partial charge in [0.25, 0.3) is 0 Å². The largest absolute Gasteiger partial charge is 0.494 e. The van der Waals surface area contributed by atoms with E-state index >= 15 is 0 Å². The zero-order valence-electron chi connectivity index (χ0n) is 19.8. The normalized spacial score (nSPS) is 10.8. The van der Waals surface area contributed by atoms with Crippen LogP contribution in [0.25, 0.3) is 11.4 Å². The third kappa shape index (κ3) is 7.25. The summed E-state index contributed by atoms with van der Waals surface area (Å²) in [5.74, 6) is 1.64. The predicted octanol–water partition coefficient (Wildman–Crippen LogP) is 5.10. The molecule has 7 nitrogen and oxygen atoms in total. The van der Waals surface area contributed by atoms with Crippen molar-refractivity contribution < 1.29 is 18.8 Å². The molecule has 35 heavy (non-hydrogen) atoms. The molecule has 4 rings (SSSR count). The van der Waals surface area contributed by atoms with Crippen LogP contribution in [0, 0.1) is 0 Å². The van der Waals surface area contributed by atoms with Crippen LogP contribution in [0.3, 0.4) is 0 Å². The standard InChI is InChI=1S/C28H29N3O4/c1-2-34-25-14-12-22(13-15-25)28-30-27(35-31-28)17-16-26(32)29-18-23-10-6-7-11-24(23)20-33-19-21-8-4-3-5-9-21/h3-15H,2,16-20H2,1H3,(H,29,32). The summed E-state index contributed by atoms with van der Waals surface area (Å²) in [4.78, 5) is 16.8. The molecule has 0 spiro atoms. The van der Waals surface area contributed by atoms with Gasteiger partial charge in [-0.15, -0.1) is 0 Å². The van der Waals surface area contributed by atoms with Crippen molar-refractivity contribution in [2.75, 3.05) is 6.61 Å². The molecule has 1 heterocycles. The number of aromatic nitrogens is 2. The summed E-state index contributed by atoms with van der Waals surface area (Å²) in [5.41, 5.74) is 4.05. The molecular weight excluding hydrogens is 442 g/mol. The molecular formula is C28H29N3O4. The SMILES string of the molecule is CCOc1ccc(-c2noc(CCC(=O)NCc3ccccc3COCc3ccccc3)n2)cc1. The lowest BCUT2D eigenvalue weighted by Gasteiger charge is -2.11. The molecule has 0 saturated carbocycles. The highest BCUT2D eigenvalue weighted by Crippen LogP contribution is 2.20. The van der Waals surface area contributed by atoms with Crippen molar-refractivity contribution >= 4 is 5.91 Å². The van der Waals surface area contributed by atoms with Gasteiger partial charge in [0.15, 0.2) is 0 Å². The Morgan fingerprint density at radius 2 is 1.66 bits per heavy atom. The van der Waals surface area contributed by atoms with Crippen molar-refractivity contribution in [3.8, 4) is 17.1 Å². The fourth-order valence-corrected chi connectivity index (χ4v) is 3.57. The van der Waals surface area contributed by atoms with Crippen LogP contribution in [-0.2, 0) is 35.7 Å². The maximum absolute atomic E-state index is 12.4. The van der Waals surface area contributed by atoms with Gasteiger partial charge in [0.1, 0.15) is 5.75 Å². The van der Waals surface area contributed by atoms with Gasteiger partial charge >= 0.3 is 0 Å². The highest BCUT2D eigenvalue weighted by atomic mass is 16.5. The smallest absolute Gasteiger partial charge is 0.227 e. The van der Waals surface area contributed by atoms with Gasteiger partial charge < -0.3 is 19.3 Å². The second-order valence-corrected chi connectivity index (χ2v) is 7.99. The molecule has 180 valence electrons. The maximum Gasteiger partial charge on any atom is 0.227 e. The summed E-state index contributed by atoms with van der Waals surface area (Å²) in [6.45, 7) is 4.02. The van der Waals surface area contributed by atoms with E-state index in [1.54, 1.807) is 0 Å². The van der Waals surface area contributed by atoms with Crippen LogP contribution in [0.15, 0.2) is 83.4 Å². The molecule has 0 unspecified atom stereocenters. The second kappa shape index (κ2) is 12.5. The van der Waals surface area contributed by atoms with Crippen LogP contribution >= 0.6 is 0 Å². The van der Waals surface area contributed by atoms with E-state index in [0.717, 1.165) is 28.0 Å². The monoisotopic (exact) mass is 471 g/mol. The fourth-order valence-electron chi connectivity index (χ4n) is 3.57. The van der Waals surface area contributed by atoms with Gasteiger partial charge in [-0.25, -0.2) is 0 Å². The lowest BCUT2D eigenvalue weighted by atomic mass is 10.1. The summed E-state index contributed by atoms with van der Waals surface area (Å²) >= 11 is 0. The molecule has 0 aliphatic rings. The van der Waals surface area contributed by atoms with Gasteiger partial charge in [-0.2, -0.15) is 4.98 Å². The van der Waals surface area contributed by atoms with E-state index in [9.17, 15) is 4.79 Å². The van der Waals surface area contributed by atoms with E-state index in [1.807, 2.05) is 85.8 Å². The third-order valence-electron chi connectivity index (χ3n) is 5.42. The summed E-state index contributed by atoms with van der Waals surface area (Å²) < 4.78 is 16.6. The van der Waals surface area contributed by atoms with Gasteiger partial charge in [-0.3, -0.25) is 4.79 Å². The molecule has 3 aromatic carbocycles. The Labute approximate surface area is 205 Å². The zero-order chi connectivity index (χ0) is 24.3. The minimum atomic E-state index is -0.0779. The molecule has 0 saturated heterocycles. The molecule has 0 fully saturated rings. The predicted molar refractivity (Wildman–Crippen MR) is 132 cm³/mol. The average Bonchev–Trinajstić information content (AvgIpc) is 3.37. The Hall–Kier alpha value is -3.97. The topological polar surface area (TPSA) is 86.5 Å². The number of aryl methyl sites for hydroxylation is 1.